The first kappa shape index (κ1) is 15.9. The van der Waals surface area contributed by atoms with Gasteiger partial charge in [0.05, 0.1) is 0 Å². The third-order valence-electron chi connectivity index (χ3n) is 2.33. The molecule has 1 atom stereocenters. The number of carboxylic acid groups (broad SMARTS) is 1. The molecule has 0 bridgehead atoms. The van der Waals surface area contributed by atoms with Gasteiger partial charge >= 0.3 is 17.8 Å². The molecule has 0 aliphatic heterocycles. The Hall–Kier alpha value is -1.07. The normalized spacial score (nSPS) is 16.1. The van der Waals surface area contributed by atoms with E-state index in [0.29, 0.717) is 6.42 Å². The highest BCUT2D eigenvalue weighted by Crippen LogP contribution is 2.37. The molecule has 0 aromatic rings. The molecule has 0 fully saturated rings. The topological polar surface area (TPSA) is 37.3 Å². The predicted octanol–water partition coefficient (Wildman–Crippen LogP) is 3.87. The number of carboxylic acids is 1. The second-order valence-corrected chi connectivity index (χ2v) is 3.78. The minimum atomic E-state index is -5.40. The van der Waals surface area contributed by atoms with Crippen LogP contribution in [0.2, 0.25) is 0 Å². The molecule has 0 heterocycles. The Kier molecular flexibility index (Phi) is 6.20. The molecule has 6 heteroatoms. The number of hydrogen-bond donors (Lipinski definition) is 1. The highest BCUT2D eigenvalue weighted by Gasteiger charge is 2.61. The second kappa shape index (κ2) is 6.61. The van der Waals surface area contributed by atoms with Gasteiger partial charge in [0.1, 0.15) is 0 Å². The Morgan fingerprint density at radius 1 is 1.18 bits per heavy atom. The zero-order valence-electron chi connectivity index (χ0n) is 9.56. The van der Waals surface area contributed by atoms with Crippen molar-refractivity contribution in [2.45, 2.75) is 50.9 Å². The van der Waals surface area contributed by atoms with Crippen LogP contribution in [0.1, 0.15) is 39.0 Å². The molecule has 0 radical (unpaired) electrons. The van der Waals surface area contributed by atoms with Gasteiger partial charge in [-0.3, -0.25) is 0 Å². The van der Waals surface area contributed by atoms with Crippen LogP contribution in [0.15, 0.2) is 12.2 Å². The van der Waals surface area contributed by atoms with Crippen molar-refractivity contribution in [3.8, 4) is 0 Å². The van der Waals surface area contributed by atoms with E-state index >= 15 is 0 Å². The summed E-state index contributed by atoms with van der Waals surface area (Å²) in [6, 6.07) is 0. The summed E-state index contributed by atoms with van der Waals surface area (Å²) in [5.74, 6) is -2.50. The average molecular weight is 256 g/mol. The van der Waals surface area contributed by atoms with Crippen molar-refractivity contribution < 1.29 is 27.5 Å². The first-order valence-corrected chi connectivity index (χ1v) is 5.39. The van der Waals surface area contributed by atoms with Gasteiger partial charge in [-0.2, -0.15) is 13.2 Å². The van der Waals surface area contributed by atoms with Crippen molar-refractivity contribution >= 4 is 5.97 Å². The first-order valence-electron chi connectivity index (χ1n) is 5.39. The van der Waals surface area contributed by atoms with Gasteiger partial charge in [-0.15, -0.1) is 0 Å². The molecule has 1 N–H and O–H groups in total. The summed E-state index contributed by atoms with van der Waals surface area (Å²) in [5, 5.41) is 8.28. The third-order valence-corrected chi connectivity index (χ3v) is 2.33. The Bertz CT molecular complexity index is 273. The van der Waals surface area contributed by atoms with Gasteiger partial charge in [-0.25, -0.2) is 9.18 Å². The number of allylic oxidation sites excluding steroid dienone is 2. The fraction of sp³-hybridized carbons (Fsp3) is 0.727. The molecule has 0 rings (SSSR count). The Morgan fingerprint density at radius 3 is 2.18 bits per heavy atom. The van der Waals surface area contributed by atoms with E-state index < -0.39 is 24.2 Å². The molecule has 0 aliphatic carbocycles. The zero-order valence-corrected chi connectivity index (χ0v) is 9.56. The largest absolute Gasteiger partial charge is 0.479 e. The molecule has 0 aromatic heterocycles. The fourth-order valence-electron chi connectivity index (χ4n) is 1.20. The van der Waals surface area contributed by atoms with Crippen LogP contribution in [0.4, 0.5) is 17.6 Å². The van der Waals surface area contributed by atoms with Gasteiger partial charge < -0.3 is 5.11 Å². The monoisotopic (exact) mass is 256 g/mol. The molecule has 2 nitrogen and oxygen atoms in total. The highest BCUT2D eigenvalue weighted by atomic mass is 19.4. The van der Waals surface area contributed by atoms with E-state index in [0.717, 1.165) is 25.3 Å². The second-order valence-electron chi connectivity index (χ2n) is 3.78. The van der Waals surface area contributed by atoms with Gasteiger partial charge in [0.25, 0.3) is 0 Å². The quantitative estimate of drug-likeness (QED) is 0.426. The summed E-state index contributed by atoms with van der Waals surface area (Å²) in [4.78, 5) is 10.3. The average Bonchev–Trinajstić information content (AvgIpc) is 2.20. The SMILES string of the molecule is CCCCC/C=C/C[C@@](F)(C(=O)O)C(F)(F)F. The number of hydrogen-bond acceptors (Lipinski definition) is 1. The van der Waals surface area contributed by atoms with Crippen LogP contribution in [-0.4, -0.2) is 22.9 Å². The van der Waals surface area contributed by atoms with E-state index in [1.54, 1.807) is 0 Å². The van der Waals surface area contributed by atoms with Gasteiger partial charge in [-0.05, 0) is 12.8 Å². The lowest BCUT2D eigenvalue weighted by molar-refractivity contribution is -0.235. The number of halogens is 4. The van der Waals surface area contributed by atoms with Crippen LogP contribution in [0.5, 0.6) is 0 Å². The molecule has 17 heavy (non-hydrogen) atoms. The zero-order chi connectivity index (χ0) is 13.5. The van der Waals surface area contributed by atoms with E-state index in [2.05, 4.69) is 0 Å². The van der Waals surface area contributed by atoms with Crippen LogP contribution in [0.25, 0.3) is 0 Å². The van der Waals surface area contributed by atoms with Crippen LogP contribution in [0.3, 0.4) is 0 Å². The van der Waals surface area contributed by atoms with Crippen LogP contribution < -0.4 is 0 Å². The lowest BCUT2D eigenvalue weighted by atomic mass is 10.0. The lowest BCUT2D eigenvalue weighted by Crippen LogP contribution is -2.47. The van der Waals surface area contributed by atoms with E-state index in [9.17, 15) is 22.4 Å². The maximum atomic E-state index is 13.2. The maximum Gasteiger partial charge on any atom is 0.433 e. The number of unbranched alkanes of at least 4 members (excludes halogenated alkanes) is 3. The molecule has 0 amide bonds. The smallest absolute Gasteiger partial charge is 0.433 e. The summed E-state index contributed by atoms with van der Waals surface area (Å²) >= 11 is 0. The fourth-order valence-corrected chi connectivity index (χ4v) is 1.20. The Labute approximate surface area is 97.3 Å². The Balaban J connectivity index is 4.34. The van der Waals surface area contributed by atoms with Crippen molar-refractivity contribution in [1.82, 2.24) is 0 Å². The van der Waals surface area contributed by atoms with Gasteiger partial charge in [0.2, 0.25) is 0 Å². The highest BCUT2D eigenvalue weighted by molar-refractivity contribution is 5.78. The number of carbonyl (C=O) groups is 1. The minimum Gasteiger partial charge on any atom is -0.479 e. The lowest BCUT2D eigenvalue weighted by Gasteiger charge is -2.21. The van der Waals surface area contributed by atoms with Crippen LogP contribution >= 0.6 is 0 Å². The molecular formula is C11H16F4O2. The predicted molar refractivity (Wildman–Crippen MR) is 55.4 cm³/mol. The van der Waals surface area contributed by atoms with Gasteiger partial charge in [0.15, 0.2) is 0 Å². The van der Waals surface area contributed by atoms with E-state index in [1.807, 2.05) is 6.92 Å². The summed E-state index contributed by atoms with van der Waals surface area (Å²) < 4.78 is 49.8. The van der Waals surface area contributed by atoms with Crippen LogP contribution in [0, 0.1) is 0 Å². The molecule has 100 valence electrons. The van der Waals surface area contributed by atoms with Crippen molar-refractivity contribution in [2.75, 3.05) is 0 Å². The maximum absolute atomic E-state index is 13.2. The summed E-state index contributed by atoms with van der Waals surface area (Å²) in [7, 11) is 0. The minimum absolute atomic E-state index is 0.529. The molecule has 0 unspecified atom stereocenters. The van der Waals surface area contributed by atoms with Crippen molar-refractivity contribution in [1.29, 1.82) is 0 Å². The summed E-state index contributed by atoms with van der Waals surface area (Å²) in [5.41, 5.74) is -4.19. The third kappa shape index (κ3) is 4.75. The summed E-state index contributed by atoms with van der Waals surface area (Å²) in [6.45, 7) is 1.98. The van der Waals surface area contributed by atoms with Crippen molar-refractivity contribution in [3.05, 3.63) is 12.2 Å². The first-order chi connectivity index (χ1) is 7.75. The van der Waals surface area contributed by atoms with Crippen LogP contribution in [-0.2, 0) is 4.79 Å². The van der Waals surface area contributed by atoms with Crippen molar-refractivity contribution in [3.63, 3.8) is 0 Å². The standard InChI is InChI=1S/C11H16F4O2/c1-2-3-4-5-6-7-8-10(12,9(16)17)11(13,14)15/h6-7H,2-5,8H2,1H3,(H,16,17)/b7-6+/t10-/m1/s1. The molecule has 0 aliphatic rings. The number of aliphatic carboxylic acids is 1. The van der Waals surface area contributed by atoms with Crippen molar-refractivity contribution in [2.24, 2.45) is 0 Å². The van der Waals surface area contributed by atoms with E-state index in [1.165, 1.54) is 6.08 Å². The van der Waals surface area contributed by atoms with Gasteiger partial charge in [0, 0.05) is 6.42 Å². The molecular weight excluding hydrogens is 240 g/mol. The number of alkyl halides is 4. The van der Waals surface area contributed by atoms with E-state index in [-0.39, 0.29) is 0 Å². The Morgan fingerprint density at radius 2 is 1.76 bits per heavy atom. The molecule has 0 spiro atoms. The molecule has 0 aromatic carbocycles. The summed E-state index contributed by atoms with van der Waals surface area (Å²) in [6.07, 6.45) is -1.02. The van der Waals surface area contributed by atoms with Gasteiger partial charge in [-0.1, -0.05) is 31.9 Å². The van der Waals surface area contributed by atoms with E-state index in [4.69, 9.17) is 5.11 Å². The number of rotatable bonds is 7. The molecule has 0 saturated carbocycles. The molecule has 0 saturated heterocycles.